The Kier molecular flexibility index (Phi) is 5.42. The Labute approximate surface area is 101 Å². The summed E-state index contributed by atoms with van der Waals surface area (Å²) in [6.07, 6.45) is 1.71. The van der Waals surface area contributed by atoms with Gasteiger partial charge in [0, 0.05) is 17.6 Å². The first-order valence-electron chi connectivity index (χ1n) is 4.74. The molecule has 0 unspecified atom stereocenters. The van der Waals surface area contributed by atoms with Crippen LogP contribution < -0.4 is 10.1 Å². The van der Waals surface area contributed by atoms with Crippen molar-refractivity contribution in [2.24, 2.45) is 0 Å². The fraction of sp³-hybridized carbons (Fsp3) is 0.273. The van der Waals surface area contributed by atoms with Crippen LogP contribution in [0, 0.1) is 11.6 Å². The Morgan fingerprint density at radius 1 is 1.44 bits per heavy atom. The van der Waals surface area contributed by atoms with Gasteiger partial charge in [0.25, 0.3) is 0 Å². The van der Waals surface area contributed by atoms with Crippen LogP contribution in [-0.4, -0.2) is 19.7 Å². The molecule has 1 N–H and O–H groups in total. The van der Waals surface area contributed by atoms with E-state index in [0.29, 0.717) is 17.6 Å². The number of ether oxygens (including phenoxy) is 1. The van der Waals surface area contributed by atoms with E-state index in [9.17, 15) is 8.78 Å². The average Bonchev–Trinajstić information content (AvgIpc) is 2.24. The monoisotopic (exact) mass is 291 g/mol. The fourth-order valence-electron chi connectivity index (χ4n) is 1.07. The maximum Gasteiger partial charge on any atom is 0.200 e. The zero-order chi connectivity index (χ0) is 12.0. The molecule has 5 heteroatoms. The summed E-state index contributed by atoms with van der Waals surface area (Å²) in [4.78, 5) is 0. The molecule has 0 spiro atoms. The lowest BCUT2D eigenvalue weighted by molar-refractivity contribution is 0.294. The van der Waals surface area contributed by atoms with Crippen LogP contribution in [0.2, 0.25) is 0 Å². The third-order valence-electron chi connectivity index (χ3n) is 1.78. The van der Waals surface area contributed by atoms with E-state index in [-0.39, 0.29) is 12.4 Å². The van der Waals surface area contributed by atoms with Crippen molar-refractivity contribution in [3.8, 4) is 5.75 Å². The van der Waals surface area contributed by atoms with Gasteiger partial charge in [0.1, 0.15) is 6.61 Å². The minimum Gasteiger partial charge on any atom is -0.489 e. The Hall–Kier alpha value is -0.940. The third kappa shape index (κ3) is 3.90. The highest BCUT2D eigenvalue weighted by atomic mass is 79.9. The summed E-state index contributed by atoms with van der Waals surface area (Å²) in [5.41, 5.74) is 0. The zero-order valence-corrected chi connectivity index (χ0v) is 10.2. The molecule has 0 saturated heterocycles. The van der Waals surface area contributed by atoms with Crippen molar-refractivity contribution < 1.29 is 13.5 Å². The Morgan fingerprint density at radius 3 is 2.88 bits per heavy atom. The van der Waals surface area contributed by atoms with E-state index in [1.165, 1.54) is 6.07 Å². The highest BCUT2D eigenvalue weighted by molar-refractivity contribution is 9.10. The van der Waals surface area contributed by atoms with E-state index in [0.717, 1.165) is 6.07 Å². The summed E-state index contributed by atoms with van der Waals surface area (Å²) in [5.74, 6) is -1.98. The van der Waals surface area contributed by atoms with Crippen LogP contribution in [0.3, 0.4) is 0 Å². The molecular formula is C11H12BrF2NO. The van der Waals surface area contributed by atoms with E-state index in [1.807, 2.05) is 0 Å². The topological polar surface area (TPSA) is 21.3 Å². The van der Waals surface area contributed by atoms with E-state index in [2.05, 4.69) is 27.8 Å². The lowest BCUT2D eigenvalue weighted by Crippen LogP contribution is -2.21. The highest BCUT2D eigenvalue weighted by Crippen LogP contribution is 2.25. The molecule has 0 aliphatic heterocycles. The van der Waals surface area contributed by atoms with Crippen LogP contribution in [0.15, 0.2) is 29.3 Å². The number of halogens is 3. The van der Waals surface area contributed by atoms with Gasteiger partial charge in [-0.2, -0.15) is 4.39 Å². The van der Waals surface area contributed by atoms with Crippen molar-refractivity contribution in [3.05, 3.63) is 40.9 Å². The van der Waals surface area contributed by atoms with Crippen LogP contribution in [0.5, 0.6) is 5.75 Å². The van der Waals surface area contributed by atoms with E-state index < -0.39 is 11.6 Å². The Bertz CT molecular complexity index is 371. The van der Waals surface area contributed by atoms with Gasteiger partial charge in [-0.05, 0) is 12.1 Å². The van der Waals surface area contributed by atoms with Gasteiger partial charge in [-0.15, -0.1) is 6.58 Å². The minimum absolute atomic E-state index is 0.0905. The van der Waals surface area contributed by atoms with Crippen LogP contribution in [-0.2, 0) is 0 Å². The number of nitrogens with one attached hydrogen (secondary N) is 1. The maximum atomic E-state index is 13.2. The Morgan fingerprint density at radius 2 is 2.19 bits per heavy atom. The first kappa shape index (κ1) is 13.1. The lowest BCUT2D eigenvalue weighted by atomic mass is 10.3. The molecule has 0 radical (unpaired) electrons. The van der Waals surface area contributed by atoms with Crippen molar-refractivity contribution in [2.75, 3.05) is 19.7 Å². The summed E-state index contributed by atoms with van der Waals surface area (Å²) >= 11 is 3.07. The SMILES string of the molecule is C=CCNCCOc1cc(Br)cc(F)c1F. The molecule has 0 heterocycles. The van der Waals surface area contributed by atoms with E-state index in [4.69, 9.17) is 4.74 Å². The standard InChI is InChI=1S/C11H12BrF2NO/c1-2-3-15-4-5-16-10-7-8(12)6-9(13)11(10)14/h2,6-7,15H,1,3-5H2. The van der Waals surface area contributed by atoms with Gasteiger partial charge in [-0.1, -0.05) is 22.0 Å². The van der Waals surface area contributed by atoms with Crippen LogP contribution in [0.25, 0.3) is 0 Å². The quantitative estimate of drug-likeness (QED) is 0.494. The van der Waals surface area contributed by atoms with Gasteiger partial charge in [-0.3, -0.25) is 0 Å². The third-order valence-corrected chi connectivity index (χ3v) is 2.24. The van der Waals surface area contributed by atoms with Gasteiger partial charge in [0.05, 0.1) is 0 Å². The van der Waals surface area contributed by atoms with Gasteiger partial charge in [-0.25, -0.2) is 4.39 Å². The van der Waals surface area contributed by atoms with Crippen molar-refractivity contribution in [1.29, 1.82) is 0 Å². The van der Waals surface area contributed by atoms with Crippen molar-refractivity contribution in [3.63, 3.8) is 0 Å². The molecular weight excluding hydrogens is 280 g/mol. The summed E-state index contributed by atoms with van der Waals surface area (Å²) in [7, 11) is 0. The second-order valence-electron chi connectivity index (χ2n) is 3.04. The van der Waals surface area contributed by atoms with E-state index in [1.54, 1.807) is 6.08 Å². The van der Waals surface area contributed by atoms with Crippen LogP contribution in [0.4, 0.5) is 8.78 Å². The molecule has 0 aromatic heterocycles. The molecule has 0 amide bonds. The highest BCUT2D eigenvalue weighted by Gasteiger charge is 2.10. The molecule has 0 bridgehead atoms. The molecule has 1 aromatic rings. The smallest absolute Gasteiger partial charge is 0.200 e. The number of hydrogen-bond acceptors (Lipinski definition) is 2. The first-order valence-corrected chi connectivity index (χ1v) is 5.53. The molecule has 0 atom stereocenters. The predicted octanol–water partition coefficient (Wildman–Crippen LogP) is 2.88. The molecule has 1 rings (SSSR count). The van der Waals surface area contributed by atoms with Gasteiger partial charge in [0.2, 0.25) is 5.82 Å². The molecule has 0 aliphatic carbocycles. The Balaban J connectivity index is 2.50. The van der Waals surface area contributed by atoms with Crippen LogP contribution in [0.1, 0.15) is 0 Å². The van der Waals surface area contributed by atoms with Gasteiger partial charge >= 0.3 is 0 Å². The molecule has 0 fully saturated rings. The summed E-state index contributed by atoms with van der Waals surface area (Å²) < 4.78 is 31.7. The molecule has 16 heavy (non-hydrogen) atoms. The maximum absolute atomic E-state index is 13.2. The normalized spacial score (nSPS) is 10.2. The molecule has 0 saturated carbocycles. The molecule has 1 aromatic carbocycles. The fourth-order valence-corrected chi connectivity index (χ4v) is 1.48. The van der Waals surface area contributed by atoms with Crippen molar-refractivity contribution in [2.45, 2.75) is 0 Å². The number of hydrogen-bond donors (Lipinski definition) is 1. The van der Waals surface area contributed by atoms with Crippen molar-refractivity contribution >= 4 is 15.9 Å². The van der Waals surface area contributed by atoms with Gasteiger partial charge in [0.15, 0.2) is 11.6 Å². The number of benzene rings is 1. The summed E-state index contributed by atoms with van der Waals surface area (Å²) in [5, 5.41) is 2.98. The summed E-state index contributed by atoms with van der Waals surface area (Å²) in [6.45, 7) is 4.99. The first-order chi connectivity index (χ1) is 7.65. The molecule has 2 nitrogen and oxygen atoms in total. The number of rotatable bonds is 6. The second kappa shape index (κ2) is 6.60. The second-order valence-corrected chi connectivity index (χ2v) is 3.96. The average molecular weight is 292 g/mol. The minimum atomic E-state index is -0.966. The summed E-state index contributed by atoms with van der Waals surface area (Å²) in [6, 6.07) is 2.45. The zero-order valence-electron chi connectivity index (χ0n) is 8.60. The molecule has 0 aliphatic rings. The van der Waals surface area contributed by atoms with E-state index >= 15 is 0 Å². The van der Waals surface area contributed by atoms with Gasteiger partial charge < -0.3 is 10.1 Å². The molecule has 88 valence electrons. The predicted molar refractivity (Wildman–Crippen MR) is 62.6 cm³/mol. The largest absolute Gasteiger partial charge is 0.489 e. The van der Waals surface area contributed by atoms with Crippen LogP contribution >= 0.6 is 15.9 Å². The van der Waals surface area contributed by atoms with Crippen molar-refractivity contribution in [1.82, 2.24) is 5.32 Å². The lowest BCUT2D eigenvalue weighted by Gasteiger charge is -2.08.